The zero-order chi connectivity index (χ0) is 17.6. The highest BCUT2D eigenvalue weighted by molar-refractivity contribution is 7.80. The molecule has 0 spiro atoms. The zero-order valence-corrected chi connectivity index (χ0v) is 13.7. The maximum atomic E-state index is 13.4. The van der Waals surface area contributed by atoms with Gasteiger partial charge in [-0.05, 0) is 45.1 Å². The highest BCUT2D eigenvalue weighted by Crippen LogP contribution is 2.19. The molecule has 5 nitrogen and oxygen atoms in total. The summed E-state index contributed by atoms with van der Waals surface area (Å²) in [5.41, 5.74) is -0.889. The van der Waals surface area contributed by atoms with Gasteiger partial charge < -0.3 is 20.7 Å². The topological polar surface area (TPSA) is 62.4 Å². The molecule has 0 heterocycles. The summed E-state index contributed by atoms with van der Waals surface area (Å²) in [5.74, 6) is -4.22. The van der Waals surface area contributed by atoms with Crippen LogP contribution in [0.3, 0.4) is 0 Å². The molecule has 0 saturated heterocycles. The molecule has 0 aliphatic heterocycles. The fourth-order valence-corrected chi connectivity index (χ4v) is 1.66. The van der Waals surface area contributed by atoms with E-state index < -0.39 is 29.1 Å². The van der Waals surface area contributed by atoms with Crippen LogP contribution in [0.15, 0.2) is 12.1 Å². The predicted molar refractivity (Wildman–Crippen MR) is 84.8 cm³/mol. The van der Waals surface area contributed by atoms with Crippen molar-refractivity contribution in [2.75, 3.05) is 18.4 Å². The van der Waals surface area contributed by atoms with Crippen LogP contribution in [0.1, 0.15) is 20.8 Å². The number of nitrogens with one attached hydrogen (secondary N) is 3. The molecular weight excluding hydrogens is 331 g/mol. The Morgan fingerprint density at radius 3 is 2.35 bits per heavy atom. The van der Waals surface area contributed by atoms with Gasteiger partial charge in [-0.2, -0.15) is 0 Å². The average molecular weight is 349 g/mol. The van der Waals surface area contributed by atoms with Gasteiger partial charge in [0.2, 0.25) is 0 Å². The number of rotatable bonds is 4. The molecule has 0 saturated carbocycles. The molecule has 1 rings (SSSR count). The maximum Gasteiger partial charge on any atom is 0.407 e. The number of amides is 1. The van der Waals surface area contributed by atoms with Crippen molar-refractivity contribution in [3.05, 3.63) is 29.6 Å². The zero-order valence-electron chi connectivity index (χ0n) is 12.9. The first-order valence-electron chi connectivity index (χ1n) is 6.75. The molecule has 0 aliphatic carbocycles. The van der Waals surface area contributed by atoms with Crippen LogP contribution in [-0.4, -0.2) is 29.9 Å². The number of halogens is 3. The molecule has 0 aliphatic rings. The van der Waals surface area contributed by atoms with Crippen LogP contribution in [0.5, 0.6) is 0 Å². The number of carbonyl (C=O) groups is 1. The van der Waals surface area contributed by atoms with Gasteiger partial charge in [0.1, 0.15) is 5.60 Å². The van der Waals surface area contributed by atoms with Crippen molar-refractivity contribution in [1.29, 1.82) is 0 Å². The number of hydrogen-bond donors (Lipinski definition) is 3. The molecule has 0 aromatic heterocycles. The third-order valence-electron chi connectivity index (χ3n) is 2.36. The second-order valence-electron chi connectivity index (χ2n) is 5.53. The standard InChI is InChI=1S/C14H18F3N3O2S/c1-14(2,3)22-13(21)19-7-6-18-12(23)20-9-5-4-8(15)10(16)11(9)17/h4-5H,6-7H2,1-3H3,(H,19,21)(H2,18,20,23). The predicted octanol–water partition coefficient (Wildman–Crippen LogP) is 2.92. The Labute approximate surface area is 137 Å². The molecule has 9 heteroatoms. The van der Waals surface area contributed by atoms with Crippen LogP contribution < -0.4 is 16.0 Å². The molecular formula is C14H18F3N3O2S. The van der Waals surface area contributed by atoms with Crippen molar-refractivity contribution >= 4 is 29.1 Å². The Kier molecular flexibility index (Phi) is 6.62. The molecule has 1 amide bonds. The van der Waals surface area contributed by atoms with Crippen molar-refractivity contribution in [2.24, 2.45) is 0 Å². The summed E-state index contributed by atoms with van der Waals surface area (Å²) in [5, 5.41) is 7.57. The summed E-state index contributed by atoms with van der Waals surface area (Å²) >= 11 is 4.89. The Balaban J connectivity index is 2.36. The van der Waals surface area contributed by atoms with E-state index in [0.717, 1.165) is 12.1 Å². The first kappa shape index (κ1) is 19.0. The van der Waals surface area contributed by atoms with Crippen molar-refractivity contribution in [3.63, 3.8) is 0 Å². The van der Waals surface area contributed by atoms with E-state index in [4.69, 9.17) is 17.0 Å². The first-order chi connectivity index (χ1) is 10.6. The van der Waals surface area contributed by atoms with E-state index in [9.17, 15) is 18.0 Å². The summed E-state index contributed by atoms with van der Waals surface area (Å²) in [7, 11) is 0. The van der Waals surface area contributed by atoms with Crippen LogP contribution >= 0.6 is 12.2 Å². The lowest BCUT2D eigenvalue weighted by Crippen LogP contribution is -2.39. The summed E-state index contributed by atoms with van der Waals surface area (Å²) in [6, 6.07) is 1.81. The fourth-order valence-electron chi connectivity index (χ4n) is 1.44. The number of hydrogen-bond acceptors (Lipinski definition) is 3. The second-order valence-corrected chi connectivity index (χ2v) is 5.94. The van der Waals surface area contributed by atoms with Gasteiger partial charge in [0.15, 0.2) is 22.6 Å². The quantitative estimate of drug-likeness (QED) is 0.443. The van der Waals surface area contributed by atoms with Crippen molar-refractivity contribution < 1.29 is 22.7 Å². The van der Waals surface area contributed by atoms with Gasteiger partial charge in [0.25, 0.3) is 0 Å². The smallest absolute Gasteiger partial charge is 0.407 e. The number of anilines is 1. The van der Waals surface area contributed by atoms with Gasteiger partial charge in [-0.15, -0.1) is 0 Å². The van der Waals surface area contributed by atoms with E-state index in [2.05, 4.69) is 16.0 Å². The third-order valence-corrected chi connectivity index (χ3v) is 2.61. The molecule has 0 radical (unpaired) electrons. The lowest BCUT2D eigenvalue weighted by atomic mass is 10.2. The van der Waals surface area contributed by atoms with Crippen LogP contribution in [0.25, 0.3) is 0 Å². The van der Waals surface area contributed by atoms with E-state index in [0.29, 0.717) is 0 Å². The van der Waals surface area contributed by atoms with Crippen molar-refractivity contribution in [2.45, 2.75) is 26.4 Å². The number of alkyl carbamates (subject to hydrolysis) is 1. The van der Waals surface area contributed by atoms with Crippen molar-refractivity contribution in [3.8, 4) is 0 Å². The highest BCUT2D eigenvalue weighted by Gasteiger charge is 2.16. The highest BCUT2D eigenvalue weighted by atomic mass is 32.1. The van der Waals surface area contributed by atoms with E-state index in [1.54, 1.807) is 20.8 Å². The molecule has 3 N–H and O–H groups in total. The Morgan fingerprint density at radius 2 is 1.74 bits per heavy atom. The molecule has 0 unspecified atom stereocenters. The Bertz CT molecular complexity index is 591. The van der Waals surface area contributed by atoms with Gasteiger partial charge in [-0.3, -0.25) is 0 Å². The lowest BCUT2D eigenvalue weighted by Gasteiger charge is -2.19. The van der Waals surface area contributed by atoms with Gasteiger partial charge in [-0.25, -0.2) is 18.0 Å². The summed E-state index contributed by atoms with van der Waals surface area (Å²) in [6.45, 7) is 5.65. The molecule has 128 valence electrons. The van der Waals surface area contributed by atoms with E-state index >= 15 is 0 Å². The molecule has 0 bridgehead atoms. The molecule has 0 fully saturated rings. The minimum Gasteiger partial charge on any atom is -0.444 e. The lowest BCUT2D eigenvalue weighted by molar-refractivity contribution is 0.0529. The average Bonchev–Trinajstić information content (AvgIpc) is 2.42. The molecule has 23 heavy (non-hydrogen) atoms. The largest absolute Gasteiger partial charge is 0.444 e. The monoisotopic (exact) mass is 349 g/mol. The summed E-state index contributed by atoms with van der Waals surface area (Å²) < 4.78 is 44.3. The SMILES string of the molecule is CC(C)(C)OC(=O)NCCNC(=S)Nc1ccc(F)c(F)c1F. The fraction of sp³-hybridized carbons (Fsp3) is 0.429. The third kappa shape index (κ3) is 6.72. The summed E-state index contributed by atoms with van der Waals surface area (Å²) in [6.07, 6.45) is -0.579. The van der Waals surface area contributed by atoms with Gasteiger partial charge in [0.05, 0.1) is 5.69 Å². The maximum absolute atomic E-state index is 13.4. The van der Waals surface area contributed by atoms with E-state index in [-0.39, 0.29) is 23.9 Å². The van der Waals surface area contributed by atoms with Crippen LogP contribution in [0.2, 0.25) is 0 Å². The minimum atomic E-state index is -1.58. The van der Waals surface area contributed by atoms with E-state index in [1.165, 1.54) is 0 Å². The van der Waals surface area contributed by atoms with Crippen LogP contribution in [0, 0.1) is 17.5 Å². The minimum absolute atomic E-state index is 0.000830. The molecule has 1 aromatic rings. The first-order valence-corrected chi connectivity index (χ1v) is 7.16. The second kappa shape index (κ2) is 8.00. The molecule has 1 aromatic carbocycles. The van der Waals surface area contributed by atoms with Crippen LogP contribution in [0.4, 0.5) is 23.7 Å². The van der Waals surface area contributed by atoms with E-state index in [1.807, 2.05) is 0 Å². The number of benzene rings is 1. The van der Waals surface area contributed by atoms with Gasteiger partial charge in [0, 0.05) is 13.1 Å². The number of carbonyl (C=O) groups excluding carboxylic acids is 1. The van der Waals surface area contributed by atoms with Crippen LogP contribution in [-0.2, 0) is 4.74 Å². The van der Waals surface area contributed by atoms with Gasteiger partial charge >= 0.3 is 6.09 Å². The number of thiocarbonyl (C=S) groups is 1. The number of ether oxygens (including phenoxy) is 1. The Hall–Kier alpha value is -2.03. The normalized spacial score (nSPS) is 10.9. The molecule has 0 atom stereocenters. The summed E-state index contributed by atoms with van der Waals surface area (Å²) in [4.78, 5) is 11.4. The van der Waals surface area contributed by atoms with Crippen molar-refractivity contribution in [1.82, 2.24) is 10.6 Å². The van der Waals surface area contributed by atoms with Gasteiger partial charge in [-0.1, -0.05) is 0 Å². The Morgan fingerprint density at radius 1 is 1.13 bits per heavy atom.